The average molecular weight is 379 g/mol. The van der Waals surface area contributed by atoms with E-state index in [1.54, 1.807) is 30.3 Å². The second kappa shape index (κ2) is 7.20. The van der Waals surface area contributed by atoms with Crippen LogP contribution in [0.25, 0.3) is 11.3 Å². The molecule has 0 unspecified atom stereocenters. The number of carbonyl (C=O) groups is 1. The van der Waals surface area contributed by atoms with Crippen LogP contribution in [0.3, 0.4) is 0 Å². The Morgan fingerprint density at radius 2 is 1.85 bits per heavy atom. The van der Waals surface area contributed by atoms with Gasteiger partial charge in [0.15, 0.2) is 5.16 Å². The van der Waals surface area contributed by atoms with Gasteiger partial charge in [-0.25, -0.2) is 9.97 Å². The maximum atomic E-state index is 13.1. The van der Waals surface area contributed by atoms with Gasteiger partial charge in [-0.2, -0.15) is 13.2 Å². The predicted octanol–water partition coefficient (Wildman–Crippen LogP) is 3.41. The average Bonchev–Trinajstić information content (AvgIpc) is 3.09. The van der Waals surface area contributed by atoms with Crippen molar-refractivity contribution in [2.75, 3.05) is 0 Å². The summed E-state index contributed by atoms with van der Waals surface area (Å²) >= 11 is 0.908. The highest BCUT2D eigenvalue weighted by Crippen LogP contribution is 2.32. The summed E-state index contributed by atoms with van der Waals surface area (Å²) < 4.78 is 44.4. The van der Waals surface area contributed by atoms with E-state index in [1.807, 2.05) is 0 Å². The molecule has 0 aliphatic heterocycles. The summed E-state index contributed by atoms with van der Waals surface area (Å²) in [6.45, 7) is 0. The third-order valence-corrected chi connectivity index (χ3v) is 4.14. The lowest BCUT2D eigenvalue weighted by atomic mass is 10.1. The Bertz CT molecular complexity index is 927. The summed E-state index contributed by atoms with van der Waals surface area (Å²) in [4.78, 5) is 18.4. The molecule has 0 spiro atoms. The molecule has 0 amide bonds. The van der Waals surface area contributed by atoms with Crippen molar-refractivity contribution in [3.05, 3.63) is 65.7 Å². The Kier molecular flexibility index (Phi) is 4.99. The molecule has 9 heteroatoms. The molecule has 0 radical (unpaired) electrons. The van der Waals surface area contributed by atoms with Crippen molar-refractivity contribution in [3.63, 3.8) is 0 Å². The van der Waals surface area contributed by atoms with Crippen molar-refractivity contribution in [1.29, 1.82) is 0 Å². The van der Waals surface area contributed by atoms with Crippen LogP contribution < -0.4 is 5.11 Å². The molecule has 0 saturated carbocycles. The van der Waals surface area contributed by atoms with Crippen LogP contribution in [0.2, 0.25) is 0 Å². The standard InChI is InChI=1S/C17H11F3N2O3S/c18-17(19,20)14-8-12(10-4-2-1-3-5-10)21-16(22-14)26-9-11-6-7-13(25-11)15(23)24/h1-8H,9H2,(H,23,24)/p-1. The molecule has 3 aromatic rings. The highest BCUT2D eigenvalue weighted by molar-refractivity contribution is 7.98. The summed E-state index contributed by atoms with van der Waals surface area (Å²) in [5.74, 6) is -1.49. The van der Waals surface area contributed by atoms with Crippen molar-refractivity contribution >= 4 is 17.7 Å². The van der Waals surface area contributed by atoms with Crippen molar-refractivity contribution < 1.29 is 27.5 Å². The zero-order valence-corrected chi connectivity index (χ0v) is 13.8. The molecular weight excluding hydrogens is 369 g/mol. The summed E-state index contributed by atoms with van der Waals surface area (Å²) in [5.41, 5.74) is -0.381. The quantitative estimate of drug-likeness (QED) is 0.499. The number of alkyl halides is 3. The van der Waals surface area contributed by atoms with E-state index in [0.717, 1.165) is 17.8 Å². The van der Waals surface area contributed by atoms with Gasteiger partial charge in [-0.05, 0) is 18.2 Å². The zero-order valence-electron chi connectivity index (χ0n) is 13.0. The van der Waals surface area contributed by atoms with Gasteiger partial charge in [0.2, 0.25) is 0 Å². The van der Waals surface area contributed by atoms with E-state index in [9.17, 15) is 23.1 Å². The minimum absolute atomic E-state index is 0.0722. The number of benzene rings is 1. The van der Waals surface area contributed by atoms with Gasteiger partial charge in [-0.15, -0.1) is 0 Å². The molecule has 26 heavy (non-hydrogen) atoms. The number of carboxylic acid groups (broad SMARTS) is 1. The van der Waals surface area contributed by atoms with E-state index in [-0.39, 0.29) is 28.1 Å². The molecule has 2 heterocycles. The molecular formula is C17H10F3N2O3S-. The fraction of sp³-hybridized carbons (Fsp3) is 0.118. The van der Waals surface area contributed by atoms with Gasteiger partial charge in [0.05, 0.1) is 11.4 Å². The Balaban J connectivity index is 1.89. The number of nitrogens with zero attached hydrogens (tertiary/aromatic N) is 2. The molecule has 5 nitrogen and oxygen atoms in total. The second-order valence-electron chi connectivity index (χ2n) is 5.13. The molecule has 0 aliphatic rings. The SMILES string of the molecule is O=C([O-])c1ccc(CSc2nc(-c3ccccc3)cc(C(F)(F)F)n2)o1. The molecule has 0 aliphatic carbocycles. The van der Waals surface area contributed by atoms with E-state index in [4.69, 9.17) is 4.42 Å². The Morgan fingerprint density at radius 3 is 2.46 bits per heavy atom. The van der Waals surface area contributed by atoms with Gasteiger partial charge < -0.3 is 14.3 Å². The Hall–Kier alpha value is -2.81. The van der Waals surface area contributed by atoms with Gasteiger partial charge in [-0.3, -0.25) is 0 Å². The zero-order chi connectivity index (χ0) is 18.7. The van der Waals surface area contributed by atoms with Crippen LogP contribution >= 0.6 is 11.8 Å². The molecule has 0 saturated heterocycles. The maximum Gasteiger partial charge on any atom is 0.433 e. The molecule has 134 valence electrons. The van der Waals surface area contributed by atoms with E-state index >= 15 is 0 Å². The molecule has 1 aromatic carbocycles. The van der Waals surface area contributed by atoms with Crippen LogP contribution in [0.1, 0.15) is 22.0 Å². The summed E-state index contributed by atoms with van der Waals surface area (Å²) in [6.07, 6.45) is -4.62. The number of thioether (sulfide) groups is 1. The number of carbonyl (C=O) groups excluding carboxylic acids is 1. The molecule has 0 N–H and O–H groups in total. The number of hydrogen-bond acceptors (Lipinski definition) is 6. The van der Waals surface area contributed by atoms with Crippen molar-refractivity contribution in [3.8, 4) is 11.3 Å². The third kappa shape index (κ3) is 4.23. The largest absolute Gasteiger partial charge is 0.542 e. The van der Waals surface area contributed by atoms with Gasteiger partial charge in [0.1, 0.15) is 23.2 Å². The Labute approximate surface area is 149 Å². The topological polar surface area (TPSA) is 79.0 Å². The van der Waals surface area contributed by atoms with Crippen LogP contribution in [-0.2, 0) is 11.9 Å². The number of halogens is 3. The predicted molar refractivity (Wildman–Crippen MR) is 85.1 cm³/mol. The lowest BCUT2D eigenvalue weighted by Gasteiger charge is -2.10. The number of hydrogen-bond donors (Lipinski definition) is 0. The number of carboxylic acids is 1. The molecule has 0 bridgehead atoms. The summed E-state index contributed by atoms with van der Waals surface area (Å²) in [6, 6.07) is 11.9. The lowest BCUT2D eigenvalue weighted by Crippen LogP contribution is -2.21. The number of aromatic carboxylic acids is 1. The van der Waals surface area contributed by atoms with Gasteiger partial charge in [0, 0.05) is 5.56 Å². The van der Waals surface area contributed by atoms with E-state index in [2.05, 4.69) is 9.97 Å². The Morgan fingerprint density at radius 1 is 1.12 bits per heavy atom. The first-order valence-electron chi connectivity index (χ1n) is 7.27. The monoisotopic (exact) mass is 379 g/mol. The first kappa shape index (κ1) is 18.0. The van der Waals surface area contributed by atoms with E-state index in [1.165, 1.54) is 12.1 Å². The summed E-state index contributed by atoms with van der Waals surface area (Å²) in [5, 5.41) is 10.6. The fourth-order valence-corrected chi connectivity index (χ4v) is 2.84. The van der Waals surface area contributed by atoms with Crippen LogP contribution in [0.5, 0.6) is 0 Å². The second-order valence-corrected chi connectivity index (χ2v) is 6.07. The summed E-state index contributed by atoms with van der Waals surface area (Å²) in [7, 11) is 0. The number of rotatable bonds is 5. The van der Waals surface area contributed by atoms with Crippen molar-refractivity contribution in [1.82, 2.24) is 9.97 Å². The van der Waals surface area contributed by atoms with Crippen molar-refractivity contribution in [2.24, 2.45) is 0 Å². The first-order valence-corrected chi connectivity index (χ1v) is 8.26. The molecule has 3 rings (SSSR count). The third-order valence-electron chi connectivity index (χ3n) is 3.27. The minimum Gasteiger partial charge on any atom is -0.542 e. The molecule has 0 fully saturated rings. The van der Waals surface area contributed by atoms with Crippen LogP contribution in [0, 0.1) is 0 Å². The van der Waals surface area contributed by atoms with Crippen LogP contribution in [0.4, 0.5) is 13.2 Å². The first-order chi connectivity index (χ1) is 12.3. The fourth-order valence-electron chi connectivity index (χ4n) is 2.09. The van der Waals surface area contributed by atoms with Crippen molar-refractivity contribution in [2.45, 2.75) is 17.1 Å². The van der Waals surface area contributed by atoms with Crippen LogP contribution in [0.15, 0.2) is 58.1 Å². The molecule has 2 aromatic heterocycles. The number of aromatic nitrogens is 2. The number of furan rings is 1. The highest BCUT2D eigenvalue weighted by Gasteiger charge is 2.33. The van der Waals surface area contributed by atoms with Gasteiger partial charge in [-0.1, -0.05) is 42.1 Å². The maximum absolute atomic E-state index is 13.1. The van der Waals surface area contributed by atoms with Gasteiger partial charge in [0.25, 0.3) is 0 Å². The smallest absolute Gasteiger partial charge is 0.433 e. The normalized spacial score (nSPS) is 11.5. The molecule has 0 atom stereocenters. The van der Waals surface area contributed by atoms with Gasteiger partial charge >= 0.3 is 6.18 Å². The lowest BCUT2D eigenvalue weighted by molar-refractivity contribution is -0.257. The van der Waals surface area contributed by atoms with E-state index in [0.29, 0.717) is 5.56 Å². The van der Waals surface area contributed by atoms with E-state index < -0.39 is 17.8 Å². The highest BCUT2D eigenvalue weighted by atomic mass is 32.2. The minimum atomic E-state index is -4.62. The van der Waals surface area contributed by atoms with Crippen LogP contribution in [-0.4, -0.2) is 15.9 Å².